The van der Waals surface area contributed by atoms with Gasteiger partial charge < -0.3 is 4.74 Å². The van der Waals surface area contributed by atoms with Crippen molar-refractivity contribution in [3.8, 4) is 5.75 Å². The molecule has 1 heteroatoms. The molecule has 1 saturated carbocycles. The van der Waals surface area contributed by atoms with Crippen molar-refractivity contribution in [2.24, 2.45) is 5.41 Å². The molecule has 0 N–H and O–H groups in total. The Balaban J connectivity index is 2.08. The van der Waals surface area contributed by atoms with E-state index < -0.39 is 0 Å². The molecular formula is C13H18O. The van der Waals surface area contributed by atoms with Crippen LogP contribution in [0.2, 0.25) is 0 Å². The maximum Gasteiger partial charge on any atom is 0.125 e. The van der Waals surface area contributed by atoms with Gasteiger partial charge in [0.25, 0.3) is 0 Å². The average Bonchev–Trinajstić information content (AvgIpc) is 2.83. The smallest absolute Gasteiger partial charge is 0.125 e. The third kappa shape index (κ3) is 1.92. The molecule has 1 aromatic rings. The zero-order chi connectivity index (χ0) is 10.2. The minimum absolute atomic E-state index is 0.467. The summed E-state index contributed by atoms with van der Waals surface area (Å²) in [6.07, 6.45) is 2.63. The maximum absolute atomic E-state index is 5.89. The number of hydrogen-bond acceptors (Lipinski definition) is 1. The molecule has 1 aliphatic rings. The highest BCUT2D eigenvalue weighted by atomic mass is 16.5. The van der Waals surface area contributed by atoms with Crippen molar-refractivity contribution >= 4 is 0 Å². The Morgan fingerprint density at radius 1 is 1.21 bits per heavy atom. The zero-order valence-corrected chi connectivity index (χ0v) is 9.26. The van der Waals surface area contributed by atoms with Crippen molar-refractivity contribution in [3.05, 3.63) is 29.3 Å². The lowest BCUT2D eigenvalue weighted by molar-refractivity contribution is 0.244. The van der Waals surface area contributed by atoms with Gasteiger partial charge in [-0.3, -0.25) is 0 Å². The third-order valence-electron chi connectivity index (χ3n) is 3.08. The third-order valence-corrected chi connectivity index (χ3v) is 3.08. The molecule has 1 fully saturated rings. The summed E-state index contributed by atoms with van der Waals surface area (Å²) in [7, 11) is 0. The van der Waals surface area contributed by atoms with Gasteiger partial charge in [0.1, 0.15) is 5.75 Å². The summed E-state index contributed by atoms with van der Waals surface area (Å²) in [4.78, 5) is 0. The summed E-state index contributed by atoms with van der Waals surface area (Å²) in [5.41, 5.74) is 2.96. The van der Waals surface area contributed by atoms with Crippen LogP contribution in [0, 0.1) is 19.3 Å². The van der Waals surface area contributed by atoms with E-state index in [1.54, 1.807) is 0 Å². The van der Waals surface area contributed by atoms with E-state index in [1.165, 1.54) is 24.0 Å². The van der Waals surface area contributed by atoms with Gasteiger partial charge in [-0.2, -0.15) is 0 Å². The van der Waals surface area contributed by atoms with Crippen LogP contribution in [-0.2, 0) is 0 Å². The van der Waals surface area contributed by atoms with Gasteiger partial charge >= 0.3 is 0 Å². The molecule has 0 amide bonds. The molecule has 0 radical (unpaired) electrons. The molecule has 0 aromatic heterocycles. The van der Waals surface area contributed by atoms with E-state index in [1.807, 2.05) is 0 Å². The number of para-hydroxylation sites is 1. The fraction of sp³-hybridized carbons (Fsp3) is 0.538. The molecule has 76 valence electrons. The molecule has 0 spiro atoms. The van der Waals surface area contributed by atoms with Crippen LogP contribution < -0.4 is 4.74 Å². The summed E-state index contributed by atoms with van der Waals surface area (Å²) in [6.45, 7) is 7.38. The Morgan fingerprint density at radius 2 is 1.79 bits per heavy atom. The highest BCUT2D eigenvalue weighted by molar-refractivity contribution is 5.39. The quantitative estimate of drug-likeness (QED) is 0.709. The van der Waals surface area contributed by atoms with Crippen molar-refractivity contribution in [1.82, 2.24) is 0 Å². The Morgan fingerprint density at radius 3 is 2.29 bits per heavy atom. The molecule has 0 saturated heterocycles. The lowest BCUT2D eigenvalue weighted by Gasteiger charge is -2.14. The van der Waals surface area contributed by atoms with Gasteiger partial charge in [0.2, 0.25) is 0 Å². The van der Waals surface area contributed by atoms with Crippen LogP contribution in [-0.4, -0.2) is 6.61 Å². The Hall–Kier alpha value is -0.980. The van der Waals surface area contributed by atoms with Gasteiger partial charge in [-0.25, -0.2) is 0 Å². The van der Waals surface area contributed by atoms with Gasteiger partial charge in [0, 0.05) is 5.41 Å². The topological polar surface area (TPSA) is 9.23 Å². The predicted octanol–water partition coefficient (Wildman–Crippen LogP) is 3.48. The number of hydrogen-bond donors (Lipinski definition) is 0. The summed E-state index contributed by atoms with van der Waals surface area (Å²) in [5.74, 6) is 1.08. The summed E-state index contributed by atoms with van der Waals surface area (Å²) < 4.78 is 5.89. The number of aryl methyl sites for hydroxylation is 2. The number of rotatable bonds is 3. The van der Waals surface area contributed by atoms with Crippen LogP contribution in [0.3, 0.4) is 0 Å². The van der Waals surface area contributed by atoms with Gasteiger partial charge in [-0.1, -0.05) is 25.1 Å². The van der Waals surface area contributed by atoms with Crippen molar-refractivity contribution in [2.75, 3.05) is 6.61 Å². The molecule has 2 rings (SSSR count). The van der Waals surface area contributed by atoms with Crippen molar-refractivity contribution in [3.63, 3.8) is 0 Å². The van der Waals surface area contributed by atoms with Crippen LogP contribution >= 0.6 is 0 Å². The lowest BCUT2D eigenvalue weighted by Crippen LogP contribution is -2.10. The Labute approximate surface area is 86.1 Å². The lowest BCUT2D eigenvalue weighted by atomic mass is 10.1. The fourth-order valence-electron chi connectivity index (χ4n) is 1.63. The number of ether oxygens (including phenoxy) is 1. The minimum Gasteiger partial charge on any atom is -0.492 e. The van der Waals surface area contributed by atoms with E-state index in [0.717, 1.165) is 12.4 Å². The standard InChI is InChI=1S/C13H18O/c1-10-5-4-6-11(2)12(10)14-9-13(3)7-8-13/h4-6H,7-9H2,1-3H3. The Bertz CT molecular complexity index is 317. The van der Waals surface area contributed by atoms with Gasteiger partial charge in [-0.15, -0.1) is 0 Å². The second kappa shape index (κ2) is 3.30. The summed E-state index contributed by atoms with van der Waals surface area (Å²) >= 11 is 0. The molecule has 0 unspecified atom stereocenters. The molecule has 0 heterocycles. The van der Waals surface area contributed by atoms with Crippen LogP contribution in [0.15, 0.2) is 18.2 Å². The number of benzene rings is 1. The van der Waals surface area contributed by atoms with E-state index >= 15 is 0 Å². The first kappa shape index (κ1) is 9.57. The van der Waals surface area contributed by atoms with E-state index in [0.29, 0.717) is 5.41 Å². The highest BCUT2D eigenvalue weighted by Crippen LogP contribution is 2.45. The maximum atomic E-state index is 5.89. The molecule has 1 nitrogen and oxygen atoms in total. The van der Waals surface area contributed by atoms with Gasteiger partial charge in [0.05, 0.1) is 6.61 Å². The molecule has 0 aliphatic heterocycles. The van der Waals surface area contributed by atoms with Gasteiger partial charge in [0.15, 0.2) is 0 Å². The minimum atomic E-state index is 0.467. The second-order valence-corrected chi connectivity index (χ2v) is 4.82. The molecule has 1 aliphatic carbocycles. The summed E-state index contributed by atoms with van der Waals surface area (Å²) in [5, 5.41) is 0. The molecule has 14 heavy (non-hydrogen) atoms. The second-order valence-electron chi connectivity index (χ2n) is 4.82. The predicted molar refractivity (Wildman–Crippen MR) is 58.8 cm³/mol. The van der Waals surface area contributed by atoms with Crippen LogP contribution in [0.4, 0.5) is 0 Å². The molecular weight excluding hydrogens is 172 g/mol. The largest absolute Gasteiger partial charge is 0.492 e. The van der Waals surface area contributed by atoms with E-state index in [2.05, 4.69) is 39.0 Å². The summed E-state index contributed by atoms with van der Waals surface area (Å²) in [6, 6.07) is 6.30. The van der Waals surface area contributed by atoms with Crippen molar-refractivity contribution < 1.29 is 4.74 Å². The van der Waals surface area contributed by atoms with E-state index in [9.17, 15) is 0 Å². The van der Waals surface area contributed by atoms with Gasteiger partial charge in [-0.05, 0) is 37.8 Å². The molecule has 0 bridgehead atoms. The fourth-order valence-corrected chi connectivity index (χ4v) is 1.63. The SMILES string of the molecule is Cc1cccc(C)c1OCC1(C)CC1. The van der Waals surface area contributed by atoms with Crippen LogP contribution in [0.1, 0.15) is 30.9 Å². The van der Waals surface area contributed by atoms with E-state index in [-0.39, 0.29) is 0 Å². The monoisotopic (exact) mass is 190 g/mol. The first-order chi connectivity index (χ1) is 6.61. The van der Waals surface area contributed by atoms with Crippen LogP contribution in [0.25, 0.3) is 0 Å². The Kier molecular flexibility index (Phi) is 2.26. The first-order valence-corrected chi connectivity index (χ1v) is 5.30. The normalized spacial score (nSPS) is 17.9. The van der Waals surface area contributed by atoms with E-state index in [4.69, 9.17) is 4.74 Å². The average molecular weight is 190 g/mol. The molecule has 0 atom stereocenters. The molecule has 1 aromatic carbocycles. The zero-order valence-electron chi connectivity index (χ0n) is 9.26. The van der Waals surface area contributed by atoms with Crippen molar-refractivity contribution in [1.29, 1.82) is 0 Å². The van der Waals surface area contributed by atoms with Crippen molar-refractivity contribution in [2.45, 2.75) is 33.6 Å². The highest BCUT2D eigenvalue weighted by Gasteiger charge is 2.38. The first-order valence-electron chi connectivity index (χ1n) is 5.30. The van der Waals surface area contributed by atoms with Crippen LogP contribution in [0.5, 0.6) is 5.75 Å².